The number of phenols is 1. The monoisotopic (exact) mass is 1060 g/mol. The van der Waals surface area contributed by atoms with E-state index in [4.69, 9.17) is 24.5 Å². The van der Waals surface area contributed by atoms with Crippen LogP contribution in [0, 0.1) is 12.8 Å². The third-order valence-corrected chi connectivity index (χ3v) is 16.5. The number of nitrogens with zero attached hydrogens (tertiary/aromatic N) is 10. The largest absolute Gasteiger partial charge is 0.507 e. The van der Waals surface area contributed by atoms with Gasteiger partial charge in [0.15, 0.2) is 11.6 Å². The highest BCUT2D eigenvalue weighted by molar-refractivity contribution is 5.91. The number of aromatic nitrogens is 6. The van der Waals surface area contributed by atoms with Gasteiger partial charge in [0.1, 0.15) is 30.4 Å². The van der Waals surface area contributed by atoms with Gasteiger partial charge in [-0.2, -0.15) is 0 Å². The number of hydrogen-bond acceptors (Lipinski definition) is 17. The van der Waals surface area contributed by atoms with E-state index in [1.54, 1.807) is 24.5 Å². The Morgan fingerprint density at radius 1 is 0.872 bits per heavy atom. The number of anilines is 3. The molecule has 1 aliphatic carbocycles. The van der Waals surface area contributed by atoms with Crippen molar-refractivity contribution in [1.29, 1.82) is 0 Å². The third kappa shape index (κ3) is 11.2. The number of aliphatic hydroxyl groups excluding tert-OH is 1. The fraction of sp³-hybridized carbons (Fsp3) is 0.500. The van der Waals surface area contributed by atoms with Crippen molar-refractivity contribution in [2.75, 3.05) is 61.4 Å². The number of para-hydroxylation sites is 1. The van der Waals surface area contributed by atoms with Crippen LogP contribution >= 0.6 is 0 Å². The van der Waals surface area contributed by atoms with Crippen molar-refractivity contribution in [3.05, 3.63) is 102 Å². The number of hydrogen-bond donors (Lipinski definition) is 4. The zero-order valence-electron chi connectivity index (χ0n) is 45.1. The van der Waals surface area contributed by atoms with E-state index < -0.39 is 18.1 Å². The zero-order chi connectivity index (χ0) is 54.2. The summed E-state index contributed by atoms with van der Waals surface area (Å²) < 4.78 is 26.8. The molecule has 1 saturated carbocycles. The number of aliphatic hydroxyl groups is 1. The van der Waals surface area contributed by atoms with E-state index in [0.29, 0.717) is 47.7 Å². The van der Waals surface area contributed by atoms with Crippen LogP contribution < -0.4 is 30.3 Å². The number of nitrogens with one attached hydrogen (secondary N) is 1. The van der Waals surface area contributed by atoms with Crippen LogP contribution in [0.1, 0.15) is 94.7 Å². The summed E-state index contributed by atoms with van der Waals surface area (Å²) in [4.78, 5) is 45.7. The first-order valence-electron chi connectivity index (χ1n) is 27.6. The Balaban J connectivity index is 0.602. The molecule has 2 aromatic carbocycles. The van der Waals surface area contributed by atoms with E-state index in [-0.39, 0.29) is 72.9 Å². The number of phenolic OH excluding ortho intramolecular Hbond substituents is 1. The molecule has 6 atom stereocenters. The number of likely N-dealkylation sites (tertiary alicyclic amines) is 2. The standard InChI is InChI=1S/C58H72N12O8/c1-34(2)54(58(74)69-32-42(71)25-49(69)57(73)62-35(3)37-10-12-38(13-11-37)55-36(4)61-33-66(55)5)51-29-53(65-78-51)75-23-22-67-20-17-43(18-21-67)76-44-26-45(27-44)77-52-24-39(16-19-60-52)70-40-14-15-41(70)31-68(30-40)48-28-47(63-64-56(48)59)46-8-6-7-9-50(46)72/h6-13,16,19,24,28-29,33-35,40-45,49,54,71-72H,14-15,17-18,20-23,25-27,30-32H2,1-5H3,(H2,59,64)(H,62,73)/t35-,40+,41?,42+,44?,45?,49-,54-/m0/s1. The molecule has 1 unspecified atom stereocenters. The Morgan fingerprint density at radius 2 is 1.63 bits per heavy atom. The maximum atomic E-state index is 14.3. The number of aryl methyl sites for hydroxylation is 2. The minimum absolute atomic E-state index is 0.0487. The van der Waals surface area contributed by atoms with Gasteiger partial charge in [0.25, 0.3) is 5.88 Å². The van der Waals surface area contributed by atoms with E-state index >= 15 is 0 Å². The third-order valence-electron chi connectivity index (χ3n) is 16.5. The Labute approximate surface area is 454 Å². The molecule has 6 aromatic rings. The van der Waals surface area contributed by atoms with Gasteiger partial charge >= 0.3 is 0 Å². The van der Waals surface area contributed by atoms with Crippen molar-refractivity contribution in [2.24, 2.45) is 13.0 Å². The molecule has 2 amide bonds. The maximum Gasteiger partial charge on any atom is 0.254 e. The number of piperazine rings is 1. The molecule has 8 heterocycles. The molecule has 4 aliphatic heterocycles. The molecule has 5 fully saturated rings. The number of carbonyl (C=O) groups excluding carboxylic acids is 2. The first-order chi connectivity index (χ1) is 37.7. The molecule has 2 bridgehead atoms. The second-order valence-electron chi connectivity index (χ2n) is 22.3. The normalized spacial score (nSPS) is 23.3. The Hall–Kier alpha value is -7.29. The van der Waals surface area contributed by atoms with Crippen molar-refractivity contribution < 1.29 is 38.5 Å². The summed E-state index contributed by atoms with van der Waals surface area (Å²) in [6.45, 7) is 12.3. The molecule has 412 valence electrons. The van der Waals surface area contributed by atoms with Gasteiger partial charge < -0.3 is 59.3 Å². The van der Waals surface area contributed by atoms with Crippen molar-refractivity contribution in [3.8, 4) is 40.0 Å². The molecule has 78 heavy (non-hydrogen) atoms. The van der Waals surface area contributed by atoms with Crippen molar-refractivity contribution in [2.45, 2.75) is 127 Å². The summed E-state index contributed by atoms with van der Waals surface area (Å²) in [6.07, 6.45) is 9.00. The summed E-state index contributed by atoms with van der Waals surface area (Å²) in [5.74, 6) is 0.316. The number of benzene rings is 2. The van der Waals surface area contributed by atoms with Gasteiger partial charge in [-0.1, -0.05) is 50.2 Å². The molecular formula is C58H72N12O8. The lowest BCUT2D eigenvalue weighted by atomic mass is 9.91. The summed E-state index contributed by atoms with van der Waals surface area (Å²) in [5.41, 5.74) is 13.5. The highest BCUT2D eigenvalue weighted by Crippen LogP contribution is 2.41. The second-order valence-corrected chi connectivity index (χ2v) is 22.3. The highest BCUT2D eigenvalue weighted by Gasteiger charge is 2.45. The molecular weight excluding hydrogens is 993 g/mol. The number of ether oxygens (including phenoxy) is 3. The lowest BCUT2D eigenvalue weighted by molar-refractivity contribution is -0.141. The van der Waals surface area contributed by atoms with E-state index in [1.165, 1.54) is 4.90 Å². The molecule has 4 aromatic heterocycles. The number of nitrogens with two attached hydrogens (primary N) is 1. The number of carbonyl (C=O) groups is 2. The van der Waals surface area contributed by atoms with Crippen LogP contribution in [-0.2, 0) is 21.4 Å². The average molecular weight is 1070 g/mol. The minimum atomic E-state index is -0.837. The topological polar surface area (TPSA) is 236 Å². The van der Waals surface area contributed by atoms with E-state index in [2.05, 4.69) is 57.5 Å². The molecule has 5 N–H and O–H groups in total. The molecule has 0 radical (unpaired) electrons. The van der Waals surface area contributed by atoms with Gasteiger partial charge in [0, 0.05) is 113 Å². The highest BCUT2D eigenvalue weighted by atomic mass is 16.5. The van der Waals surface area contributed by atoms with Crippen LogP contribution in [0.15, 0.2) is 89.8 Å². The summed E-state index contributed by atoms with van der Waals surface area (Å²) in [5, 5.41) is 37.0. The van der Waals surface area contributed by atoms with Gasteiger partial charge in [-0.15, -0.1) is 10.2 Å². The van der Waals surface area contributed by atoms with Crippen molar-refractivity contribution in [1.82, 2.24) is 45.0 Å². The first-order valence-corrected chi connectivity index (χ1v) is 27.6. The van der Waals surface area contributed by atoms with Crippen LogP contribution in [0.4, 0.5) is 17.2 Å². The lowest BCUT2D eigenvalue weighted by Gasteiger charge is -2.43. The van der Waals surface area contributed by atoms with Gasteiger partial charge in [0.05, 0.1) is 53.5 Å². The lowest BCUT2D eigenvalue weighted by Crippen LogP contribution is -2.54. The number of piperidine rings is 1. The predicted molar refractivity (Wildman–Crippen MR) is 293 cm³/mol. The molecule has 4 saturated heterocycles. The minimum Gasteiger partial charge on any atom is -0.507 e. The van der Waals surface area contributed by atoms with E-state index in [1.807, 2.05) is 88.0 Å². The van der Waals surface area contributed by atoms with E-state index in [0.717, 1.165) is 98.6 Å². The van der Waals surface area contributed by atoms with Gasteiger partial charge in [-0.25, -0.2) is 9.97 Å². The van der Waals surface area contributed by atoms with Gasteiger partial charge in [-0.3, -0.25) is 14.5 Å². The summed E-state index contributed by atoms with van der Waals surface area (Å²) >= 11 is 0. The van der Waals surface area contributed by atoms with E-state index in [9.17, 15) is 19.8 Å². The molecule has 11 rings (SSSR count). The molecule has 0 spiro atoms. The predicted octanol–water partition coefficient (Wildman–Crippen LogP) is 6.43. The summed E-state index contributed by atoms with van der Waals surface area (Å²) in [7, 11) is 1.96. The van der Waals surface area contributed by atoms with Crippen LogP contribution in [0.3, 0.4) is 0 Å². The van der Waals surface area contributed by atoms with Gasteiger partial charge in [-0.05, 0) is 80.4 Å². The quantitative estimate of drug-likeness (QED) is 0.0726. The fourth-order valence-corrected chi connectivity index (χ4v) is 12.3. The number of nitrogen functional groups attached to an aromatic ring is 1. The number of pyridine rings is 1. The average Bonchev–Trinajstić information content (AvgIpc) is 4.29. The van der Waals surface area contributed by atoms with Crippen molar-refractivity contribution in [3.63, 3.8) is 0 Å². The Morgan fingerprint density at radius 3 is 2.35 bits per heavy atom. The molecule has 20 heteroatoms. The van der Waals surface area contributed by atoms with Gasteiger partial charge in [0.2, 0.25) is 17.7 Å². The summed E-state index contributed by atoms with van der Waals surface area (Å²) in [6, 6.07) is 22.3. The number of rotatable bonds is 18. The molecule has 5 aliphatic rings. The Bertz CT molecular complexity index is 3030. The number of fused-ring (bicyclic) bond motifs is 2. The molecule has 20 nitrogen and oxygen atoms in total. The second kappa shape index (κ2) is 22.6. The van der Waals surface area contributed by atoms with Crippen LogP contribution in [0.25, 0.3) is 22.5 Å². The van der Waals surface area contributed by atoms with Crippen LogP contribution in [0.2, 0.25) is 0 Å². The van der Waals surface area contributed by atoms with Crippen LogP contribution in [-0.4, -0.2) is 150 Å². The van der Waals surface area contributed by atoms with Crippen molar-refractivity contribution >= 4 is 29.0 Å². The number of amides is 2. The number of imidazole rings is 1. The maximum absolute atomic E-state index is 14.3. The SMILES string of the molecule is Cc1ncn(C)c1-c1ccc([C@H](C)NC(=O)[C@@H]2C[C@@H](O)CN2C(=O)[C@H](c2cc(OCCN3CCC(OC4CC(Oc5cc(N6C7CC[C@@H]6CN(c6cc(-c8ccccc8O)nnc6N)C7)ccn5)C4)CC3)no2)C(C)C)cc1. The number of β-amino-alcohol motifs (C(OH)–C–C–N with tert-alkyl or cyclic N) is 1. The number of aromatic hydroxyl groups is 1. The smallest absolute Gasteiger partial charge is 0.254 e. The Kier molecular flexibility index (Phi) is 15.3. The van der Waals surface area contributed by atoms with Crippen LogP contribution in [0.5, 0.6) is 17.5 Å². The zero-order valence-corrected chi connectivity index (χ0v) is 45.1. The first kappa shape index (κ1) is 52.7. The fourth-order valence-electron chi connectivity index (χ4n) is 12.3.